The molecule has 0 radical (unpaired) electrons. The number of nitrogen functional groups attached to an aromatic ring is 1. The molecular formula is C21H32N6O2S. The number of Topliss-reactive ketones (excluding diaryl/α,β-unsaturated/α-hetero) is 2. The van der Waals surface area contributed by atoms with Gasteiger partial charge in [-0.2, -0.15) is 0 Å². The zero-order valence-electron chi connectivity index (χ0n) is 18.4. The van der Waals surface area contributed by atoms with Gasteiger partial charge in [0, 0.05) is 50.0 Å². The number of hydrogen-bond acceptors (Lipinski definition) is 8. The summed E-state index contributed by atoms with van der Waals surface area (Å²) in [4.78, 5) is 35.1. The molecule has 1 fully saturated rings. The van der Waals surface area contributed by atoms with Crippen molar-refractivity contribution in [1.82, 2.24) is 24.8 Å². The second kappa shape index (κ2) is 9.03. The first-order valence-corrected chi connectivity index (χ1v) is 11.2. The fourth-order valence-electron chi connectivity index (χ4n) is 3.65. The van der Waals surface area contributed by atoms with Crippen LogP contribution >= 0.6 is 11.8 Å². The third-order valence-electron chi connectivity index (χ3n) is 5.27. The van der Waals surface area contributed by atoms with Crippen molar-refractivity contribution in [2.24, 2.45) is 5.41 Å². The number of aromatic nitrogens is 3. The molecule has 0 saturated heterocycles. The van der Waals surface area contributed by atoms with E-state index in [2.05, 4.69) is 35.6 Å². The molecule has 1 aliphatic rings. The van der Waals surface area contributed by atoms with E-state index in [-0.39, 0.29) is 41.1 Å². The number of imidazole rings is 1. The van der Waals surface area contributed by atoms with Crippen LogP contribution in [0.25, 0.3) is 11.0 Å². The average Bonchev–Trinajstić information content (AvgIpc) is 2.99. The number of thioether (sulfide) groups is 1. The summed E-state index contributed by atoms with van der Waals surface area (Å²) < 4.78 is 2.14. The number of carbonyl (C=O) groups excluding carboxylic acids is 2. The number of hydrogen-bond donors (Lipinski definition) is 2. The van der Waals surface area contributed by atoms with Crippen LogP contribution in [-0.4, -0.2) is 69.5 Å². The molecule has 0 amide bonds. The minimum Gasteiger partial charge on any atom is -0.382 e. The van der Waals surface area contributed by atoms with E-state index < -0.39 is 0 Å². The van der Waals surface area contributed by atoms with Crippen molar-refractivity contribution in [1.29, 1.82) is 0 Å². The number of rotatable bonds is 7. The van der Waals surface area contributed by atoms with Crippen LogP contribution in [0.5, 0.6) is 0 Å². The van der Waals surface area contributed by atoms with Gasteiger partial charge in [0.15, 0.2) is 22.5 Å². The number of fused-ring (bicyclic) bond motifs is 1. The maximum absolute atomic E-state index is 12.1. The zero-order chi connectivity index (χ0) is 22.1. The lowest BCUT2D eigenvalue weighted by Crippen LogP contribution is -2.46. The van der Waals surface area contributed by atoms with Crippen molar-refractivity contribution in [3.63, 3.8) is 0 Å². The number of nitrogens with two attached hydrogens (primary N) is 1. The standard InChI is InChI=1S/C21H32N6O2S/c1-21(2,3)12-23-8-9-27-13-6-7-24-19(22)18(13)25-20(27)30-17-11-16(29)15(28)10-14(17)26(4)5/h6-7,14,17,23H,8-12H2,1-5H3,(H2,22,24). The molecule has 3 rings (SSSR count). The monoisotopic (exact) mass is 432 g/mol. The molecule has 0 aliphatic heterocycles. The molecule has 3 N–H and O–H groups in total. The molecule has 2 heterocycles. The third-order valence-corrected chi connectivity index (χ3v) is 6.58. The molecular weight excluding hydrogens is 400 g/mol. The Balaban J connectivity index is 1.87. The van der Waals surface area contributed by atoms with E-state index >= 15 is 0 Å². The first-order valence-electron chi connectivity index (χ1n) is 10.3. The fourth-order valence-corrected chi connectivity index (χ4v) is 5.11. The molecule has 164 valence electrons. The molecule has 2 aromatic heterocycles. The van der Waals surface area contributed by atoms with Gasteiger partial charge in [-0.15, -0.1) is 0 Å². The van der Waals surface area contributed by atoms with E-state index in [0.717, 1.165) is 30.3 Å². The van der Waals surface area contributed by atoms with Crippen LogP contribution in [0.3, 0.4) is 0 Å². The van der Waals surface area contributed by atoms with Gasteiger partial charge in [-0.25, -0.2) is 9.97 Å². The maximum Gasteiger partial charge on any atom is 0.200 e. The van der Waals surface area contributed by atoms with Crippen molar-refractivity contribution < 1.29 is 9.59 Å². The highest BCUT2D eigenvalue weighted by Crippen LogP contribution is 2.35. The fraction of sp³-hybridized carbons (Fsp3) is 0.619. The largest absolute Gasteiger partial charge is 0.382 e. The van der Waals surface area contributed by atoms with Crippen LogP contribution in [0.4, 0.5) is 5.82 Å². The van der Waals surface area contributed by atoms with E-state index in [4.69, 9.17) is 10.7 Å². The number of nitrogens with zero attached hydrogens (tertiary/aromatic N) is 4. The van der Waals surface area contributed by atoms with Gasteiger partial charge >= 0.3 is 0 Å². The Labute approximate surface area is 182 Å². The summed E-state index contributed by atoms with van der Waals surface area (Å²) in [7, 11) is 3.89. The number of carbonyl (C=O) groups is 2. The number of nitrogens with one attached hydrogen (secondary N) is 1. The topological polar surface area (TPSA) is 106 Å². The molecule has 2 atom stereocenters. The lowest BCUT2D eigenvalue weighted by Gasteiger charge is -2.34. The normalized spacial score (nSPS) is 20.5. The van der Waals surface area contributed by atoms with Crippen molar-refractivity contribution >= 4 is 40.2 Å². The SMILES string of the molecule is CN(C)C1CC(=O)C(=O)CC1Sc1nc2c(N)nccc2n1CCNCC(C)(C)C. The van der Waals surface area contributed by atoms with E-state index in [1.807, 2.05) is 25.1 Å². The number of pyridine rings is 1. The minimum atomic E-state index is -0.290. The van der Waals surface area contributed by atoms with E-state index in [0.29, 0.717) is 11.3 Å². The molecule has 8 nitrogen and oxygen atoms in total. The van der Waals surface area contributed by atoms with Crippen molar-refractivity contribution in [3.05, 3.63) is 12.3 Å². The summed E-state index contributed by atoms with van der Waals surface area (Å²) in [6.07, 6.45) is 2.17. The van der Waals surface area contributed by atoms with Gasteiger partial charge in [0.05, 0.1) is 5.52 Å². The van der Waals surface area contributed by atoms with E-state index in [9.17, 15) is 9.59 Å². The van der Waals surface area contributed by atoms with Gasteiger partial charge in [0.2, 0.25) is 0 Å². The predicted octanol–water partition coefficient (Wildman–Crippen LogP) is 1.97. The maximum atomic E-state index is 12.1. The molecule has 2 unspecified atom stereocenters. The zero-order valence-corrected chi connectivity index (χ0v) is 19.3. The van der Waals surface area contributed by atoms with Gasteiger partial charge in [0.25, 0.3) is 0 Å². The second-order valence-corrected chi connectivity index (χ2v) is 10.5. The Bertz CT molecular complexity index is 933. The van der Waals surface area contributed by atoms with Gasteiger partial charge < -0.3 is 20.5 Å². The van der Waals surface area contributed by atoms with Crippen LogP contribution < -0.4 is 11.1 Å². The predicted molar refractivity (Wildman–Crippen MR) is 121 cm³/mol. The van der Waals surface area contributed by atoms with Crippen LogP contribution in [0.2, 0.25) is 0 Å². The Morgan fingerprint density at radius 2 is 1.97 bits per heavy atom. The minimum absolute atomic E-state index is 0.0112. The lowest BCUT2D eigenvalue weighted by atomic mass is 9.92. The number of ketones is 2. The van der Waals surface area contributed by atoms with E-state index in [1.165, 1.54) is 0 Å². The van der Waals surface area contributed by atoms with Crippen LogP contribution in [0.1, 0.15) is 33.6 Å². The summed E-state index contributed by atoms with van der Waals surface area (Å²) in [5, 5.41) is 4.26. The summed E-state index contributed by atoms with van der Waals surface area (Å²) in [5.74, 6) is -0.171. The molecule has 9 heteroatoms. The lowest BCUT2D eigenvalue weighted by molar-refractivity contribution is -0.139. The molecule has 1 saturated carbocycles. The molecule has 0 bridgehead atoms. The van der Waals surface area contributed by atoms with Crippen molar-refractivity contribution in [2.45, 2.75) is 56.6 Å². The van der Waals surface area contributed by atoms with Crippen LogP contribution in [0.15, 0.2) is 17.4 Å². The smallest absolute Gasteiger partial charge is 0.200 e. The van der Waals surface area contributed by atoms with Crippen molar-refractivity contribution in [2.75, 3.05) is 32.9 Å². The Morgan fingerprint density at radius 1 is 1.27 bits per heavy atom. The third kappa shape index (κ3) is 5.19. The van der Waals surface area contributed by atoms with Crippen molar-refractivity contribution in [3.8, 4) is 0 Å². The Morgan fingerprint density at radius 3 is 2.63 bits per heavy atom. The quantitative estimate of drug-likeness (QED) is 0.505. The highest BCUT2D eigenvalue weighted by Gasteiger charge is 2.37. The summed E-state index contributed by atoms with van der Waals surface area (Å²) >= 11 is 1.56. The number of anilines is 1. The van der Waals surface area contributed by atoms with Gasteiger partial charge in [-0.3, -0.25) is 9.59 Å². The van der Waals surface area contributed by atoms with Crippen LogP contribution in [0, 0.1) is 5.41 Å². The molecule has 30 heavy (non-hydrogen) atoms. The molecule has 2 aromatic rings. The first-order chi connectivity index (χ1) is 14.1. The summed E-state index contributed by atoms with van der Waals surface area (Å²) in [6, 6.07) is 1.91. The highest BCUT2D eigenvalue weighted by molar-refractivity contribution is 7.99. The first kappa shape index (κ1) is 22.7. The summed E-state index contributed by atoms with van der Waals surface area (Å²) in [6.45, 7) is 9.02. The van der Waals surface area contributed by atoms with Crippen LogP contribution in [-0.2, 0) is 16.1 Å². The Kier molecular flexibility index (Phi) is 6.84. The second-order valence-electron chi connectivity index (χ2n) is 9.29. The highest BCUT2D eigenvalue weighted by atomic mass is 32.2. The summed E-state index contributed by atoms with van der Waals surface area (Å²) in [5.41, 5.74) is 7.89. The van der Waals surface area contributed by atoms with Gasteiger partial charge in [0.1, 0.15) is 5.52 Å². The Hall–Kier alpha value is -1.97. The molecule has 0 aromatic carbocycles. The van der Waals surface area contributed by atoms with Gasteiger partial charge in [-0.1, -0.05) is 32.5 Å². The molecule has 0 spiro atoms. The van der Waals surface area contributed by atoms with E-state index in [1.54, 1.807) is 18.0 Å². The van der Waals surface area contributed by atoms with Gasteiger partial charge in [-0.05, 0) is 25.6 Å². The average molecular weight is 433 g/mol. The molecule has 1 aliphatic carbocycles.